The smallest absolute Gasteiger partial charge is 0.341 e. The maximum absolute atomic E-state index is 13.7. The molecule has 0 bridgehead atoms. The molecule has 2 N–H and O–H groups in total. The number of carbonyl (C=O) groups is 2. The van der Waals surface area contributed by atoms with Crippen LogP contribution in [-0.2, 0) is 0 Å². The summed E-state index contributed by atoms with van der Waals surface area (Å²) in [6.07, 6.45) is 0. The molecule has 0 heterocycles. The van der Waals surface area contributed by atoms with E-state index >= 15 is 0 Å². The standard InChI is InChI=1S/C14H2F8N2O4/c15-3-1(13(25)26)4(16)8(20)11(7(3)19)23-24-12-9(21)5(17)2(14(27)28)6(18)10(12)22/h(H,25,26)(H,27,28)/b24-23+. The second kappa shape index (κ2) is 7.21. The molecule has 0 atom stereocenters. The molecule has 2 aromatic carbocycles. The van der Waals surface area contributed by atoms with Crippen LogP contribution in [0.3, 0.4) is 0 Å². The summed E-state index contributed by atoms with van der Waals surface area (Å²) in [5.74, 6) is -24.3. The van der Waals surface area contributed by atoms with E-state index in [0.717, 1.165) is 0 Å². The monoisotopic (exact) mass is 414 g/mol. The number of hydrogen-bond donors (Lipinski definition) is 2. The lowest BCUT2D eigenvalue weighted by atomic mass is 10.1. The highest BCUT2D eigenvalue weighted by Crippen LogP contribution is 2.34. The predicted molar refractivity (Wildman–Crippen MR) is 70.6 cm³/mol. The molecule has 2 rings (SSSR count). The molecule has 148 valence electrons. The first-order valence-electron chi connectivity index (χ1n) is 6.51. The number of halogens is 8. The summed E-state index contributed by atoms with van der Waals surface area (Å²) >= 11 is 0. The number of rotatable bonds is 4. The number of carboxylic acid groups (broad SMARTS) is 2. The Hall–Kier alpha value is -3.58. The molecule has 0 spiro atoms. The Labute approximate surface area is 147 Å². The van der Waals surface area contributed by atoms with Gasteiger partial charge in [-0.25, -0.2) is 44.7 Å². The zero-order valence-electron chi connectivity index (χ0n) is 12.6. The SMILES string of the molecule is O=C(O)c1c(F)c(F)c(/N=N/c2c(F)c(F)c(C(=O)O)c(F)c2F)c(F)c1F. The molecule has 2 aromatic rings. The van der Waals surface area contributed by atoms with Crippen LogP contribution in [-0.4, -0.2) is 22.2 Å². The van der Waals surface area contributed by atoms with Crippen LogP contribution in [0.2, 0.25) is 0 Å². The van der Waals surface area contributed by atoms with Gasteiger partial charge in [0.15, 0.2) is 57.9 Å². The van der Waals surface area contributed by atoms with Crippen LogP contribution < -0.4 is 0 Å². The summed E-state index contributed by atoms with van der Waals surface area (Å²) in [7, 11) is 0. The van der Waals surface area contributed by atoms with Crippen molar-refractivity contribution in [2.75, 3.05) is 0 Å². The van der Waals surface area contributed by atoms with Crippen molar-refractivity contribution in [1.29, 1.82) is 0 Å². The van der Waals surface area contributed by atoms with Crippen LogP contribution >= 0.6 is 0 Å². The largest absolute Gasteiger partial charge is 0.477 e. The van der Waals surface area contributed by atoms with Gasteiger partial charge in [0, 0.05) is 0 Å². The molecule has 0 saturated heterocycles. The molecule has 0 aliphatic carbocycles. The summed E-state index contributed by atoms with van der Waals surface area (Å²) in [5.41, 5.74) is -8.12. The van der Waals surface area contributed by atoms with Gasteiger partial charge < -0.3 is 10.2 Å². The number of aromatic carboxylic acids is 2. The Morgan fingerprint density at radius 1 is 0.500 bits per heavy atom. The third-order valence-corrected chi connectivity index (χ3v) is 3.16. The van der Waals surface area contributed by atoms with Crippen molar-refractivity contribution in [1.82, 2.24) is 0 Å². The number of benzene rings is 2. The molecule has 28 heavy (non-hydrogen) atoms. The van der Waals surface area contributed by atoms with Gasteiger partial charge in [-0.3, -0.25) is 0 Å². The van der Waals surface area contributed by atoms with Crippen molar-refractivity contribution < 1.29 is 54.9 Å². The van der Waals surface area contributed by atoms with E-state index in [1.807, 2.05) is 0 Å². The van der Waals surface area contributed by atoms with Crippen molar-refractivity contribution in [3.8, 4) is 0 Å². The van der Waals surface area contributed by atoms with E-state index in [1.165, 1.54) is 0 Å². The highest BCUT2D eigenvalue weighted by Gasteiger charge is 2.31. The second-order valence-electron chi connectivity index (χ2n) is 4.77. The highest BCUT2D eigenvalue weighted by molar-refractivity contribution is 5.89. The molecule has 0 aromatic heterocycles. The quantitative estimate of drug-likeness (QED) is 0.434. The predicted octanol–water partition coefficient (Wildman–Crippen LogP) is 4.61. The molecule has 0 radical (unpaired) electrons. The van der Waals surface area contributed by atoms with Gasteiger partial charge >= 0.3 is 11.9 Å². The molecular formula is C14H2F8N2O4. The Kier molecular flexibility index (Phi) is 5.33. The first-order valence-corrected chi connectivity index (χ1v) is 6.51. The van der Waals surface area contributed by atoms with Crippen molar-refractivity contribution in [3.05, 3.63) is 57.7 Å². The van der Waals surface area contributed by atoms with Crippen LogP contribution in [0.25, 0.3) is 0 Å². The molecule has 0 amide bonds. The normalized spacial score (nSPS) is 11.3. The summed E-state index contributed by atoms with van der Waals surface area (Å²) in [4.78, 5) is 21.2. The van der Waals surface area contributed by atoms with E-state index in [2.05, 4.69) is 10.2 Å². The van der Waals surface area contributed by atoms with Crippen molar-refractivity contribution in [3.63, 3.8) is 0 Å². The van der Waals surface area contributed by atoms with Gasteiger partial charge in [-0.15, -0.1) is 10.2 Å². The Balaban J connectivity index is 2.72. The zero-order chi connectivity index (χ0) is 21.5. The van der Waals surface area contributed by atoms with Crippen molar-refractivity contribution in [2.24, 2.45) is 10.2 Å². The van der Waals surface area contributed by atoms with E-state index in [1.54, 1.807) is 0 Å². The fourth-order valence-corrected chi connectivity index (χ4v) is 1.89. The van der Waals surface area contributed by atoms with Gasteiger partial charge in [0.2, 0.25) is 0 Å². The lowest BCUT2D eigenvalue weighted by Gasteiger charge is -2.07. The lowest BCUT2D eigenvalue weighted by molar-refractivity contribution is 0.0672. The second-order valence-corrected chi connectivity index (χ2v) is 4.77. The maximum Gasteiger partial charge on any atom is 0.341 e. The van der Waals surface area contributed by atoms with Crippen LogP contribution in [0.5, 0.6) is 0 Å². The zero-order valence-corrected chi connectivity index (χ0v) is 12.6. The van der Waals surface area contributed by atoms with Gasteiger partial charge in [0.05, 0.1) is 0 Å². The molecule has 0 unspecified atom stereocenters. The molecule has 0 fully saturated rings. The highest BCUT2D eigenvalue weighted by atomic mass is 19.2. The lowest BCUT2D eigenvalue weighted by Crippen LogP contribution is -2.10. The minimum absolute atomic E-state index is 2.01. The summed E-state index contributed by atoms with van der Waals surface area (Å²) in [5, 5.41) is 21.8. The fraction of sp³-hybridized carbons (Fsp3) is 0. The van der Waals surface area contributed by atoms with Gasteiger partial charge in [-0.05, 0) is 0 Å². The van der Waals surface area contributed by atoms with Crippen LogP contribution in [0, 0.1) is 46.5 Å². The van der Waals surface area contributed by atoms with Gasteiger partial charge in [0.1, 0.15) is 11.1 Å². The molecule has 14 heteroatoms. The number of nitrogens with zero attached hydrogens (tertiary/aromatic N) is 2. The Morgan fingerprint density at radius 3 is 0.893 bits per heavy atom. The van der Waals surface area contributed by atoms with Crippen molar-refractivity contribution in [2.45, 2.75) is 0 Å². The van der Waals surface area contributed by atoms with Crippen LogP contribution in [0.4, 0.5) is 46.5 Å². The number of hydrogen-bond acceptors (Lipinski definition) is 4. The summed E-state index contributed by atoms with van der Waals surface area (Å²) in [6.45, 7) is 0. The van der Waals surface area contributed by atoms with E-state index in [9.17, 15) is 44.7 Å². The molecule has 6 nitrogen and oxygen atoms in total. The molecule has 0 aliphatic heterocycles. The van der Waals surface area contributed by atoms with E-state index < -0.39 is 81.0 Å². The Bertz CT molecular complexity index is 929. The molecule has 0 saturated carbocycles. The van der Waals surface area contributed by atoms with Gasteiger partial charge in [-0.1, -0.05) is 0 Å². The van der Waals surface area contributed by atoms with E-state index in [4.69, 9.17) is 10.2 Å². The third-order valence-electron chi connectivity index (χ3n) is 3.16. The molecule has 0 aliphatic rings. The number of azo groups is 1. The summed E-state index contributed by atoms with van der Waals surface area (Å²) in [6, 6.07) is 0. The average molecular weight is 414 g/mol. The summed E-state index contributed by atoms with van der Waals surface area (Å²) < 4.78 is 109. The van der Waals surface area contributed by atoms with Crippen LogP contribution in [0.1, 0.15) is 20.7 Å². The van der Waals surface area contributed by atoms with Crippen LogP contribution in [0.15, 0.2) is 10.2 Å². The maximum atomic E-state index is 13.7. The third kappa shape index (κ3) is 3.12. The first kappa shape index (κ1) is 20.7. The first-order chi connectivity index (χ1) is 12.9. The number of carboxylic acids is 2. The van der Waals surface area contributed by atoms with Gasteiger partial charge in [-0.2, -0.15) is 0 Å². The minimum atomic E-state index is -2.44. The fourth-order valence-electron chi connectivity index (χ4n) is 1.89. The topological polar surface area (TPSA) is 99.3 Å². The van der Waals surface area contributed by atoms with Crippen molar-refractivity contribution >= 4 is 23.3 Å². The Morgan fingerprint density at radius 2 is 0.714 bits per heavy atom. The van der Waals surface area contributed by atoms with E-state index in [0.29, 0.717) is 0 Å². The minimum Gasteiger partial charge on any atom is -0.477 e. The average Bonchev–Trinajstić information content (AvgIpc) is 2.60. The van der Waals surface area contributed by atoms with E-state index in [-0.39, 0.29) is 0 Å². The molecular weight excluding hydrogens is 412 g/mol. The van der Waals surface area contributed by atoms with Gasteiger partial charge in [0.25, 0.3) is 0 Å².